The van der Waals surface area contributed by atoms with Crippen molar-refractivity contribution in [1.29, 1.82) is 0 Å². The molecule has 1 aromatic carbocycles. The Hall–Kier alpha value is -0.320. The second kappa shape index (κ2) is 6.42. The van der Waals surface area contributed by atoms with Gasteiger partial charge >= 0.3 is 0 Å². The summed E-state index contributed by atoms with van der Waals surface area (Å²) in [7, 11) is 0. The van der Waals surface area contributed by atoms with Gasteiger partial charge in [-0.3, -0.25) is 0 Å². The van der Waals surface area contributed by atoms with Crippen LogP contribution in [0.4, 0.5) is 4.39 Å². The van der Waals surface area contributed by atoms with Gasteiger partial charge in [0.25, 0.3) is 0 Å². The summed E-state index contributed by atoms with van der Waals surface area (Å²) >= 11 is 3.14. The van der Waals surface area contributed by atoms with Gasteiger partial charge in [-0.25, -0.2) is 4.39 Å². The number of phenols is 1. The Morgan fingerprint density at radius 1 is 1.44 bits per heavy atom. The normalized spacial score (nSPS) is 12.4. The highest BCUT2D eigenvalue weighted by atomic mass is 79.9. The van der Waals surface area contributed by atoms with Crippen molar-refractivity contribution in [3.05, 3.63) is 28.0 Å². The Morgan fingerprint density at radius 3 is 2.50 bits per heavy atom. The van der Waals surface area contributed by atoms with Crippen LogP contribution in [0.1, 0.15) is 31.9 Å². The van der Waals surface area contributed by atoms with Crippen molar-refractivity contribution in [3.63, 3.8) is 0 Å². The van der Waals surface area contributed by atoms with Crippen LogP contribution < -0.4 is 5.73 Å². The van der Waals surface area contributed by atoms with E-state index in [-0.39, 0.29) is 23.7 Å². The van der Waals surface area contributed by atoms with Crippen molar-refractivity contribution in [2.45, 2.75) is 26.3 Å². The van der Waals surface area contributed by atoms with Gasteiger partial charge in [-0.05, 0) is 40.4 Å². The lowest BCUT2D eigenvalue weighted by Gasteiger charge is -2.17. The maximum atomic E-state index is 13.5. The van der Waals surface area contributed by atoms with Gasteiger partial charge in [-0.1, -0.05) is 13.8 Å². The predicted octanol–water partition coefficient (Wildman–Crippen LogP) is 3.76. The molecule has 0 saturated heterocycles. The van der Waals surface area contributed by atoms with Gasteiger partial charge in [0.05, 0.1) is 4.47 Å². The molecule has 0 saturated carbocycles. The molecule has 0 aliphatic rings. The van der Waals surface area contributed by atoms with Gasteiger partial charge < -0.3 is 10.8 Å². The van der Waals surface area contributed by atoms with Crippen LogP contribution in [-0.4, -0.2) is 5.11 Å². The van der Waals surface area contributed by atoms with Crippen molar-refractivity contribution in [2.24, 2.45) is 11.7 Å². The number of phenolic OH excluding ortho intramolecular Hbond substituents is 1. The highest BCUT2D eigenvalue weighted by molar-refractivity contribution is 9.10. The van der Waals surface area contributed by atoms with Crippen LogP contribution in [0.2, 0.25) is 0 Å². The second-order valence-electron chi connectivity index (χ2n) is 4.03. The predicted molar refractivity (Wildman–Crippen MR) is 69.4 cm³/mol. The molecule has 5 heteroatoms. The molecule has 0 aliphatic heterocycles. The van der Waals surface area contributed by atoms with Crippen LogP contribution in [0.3, 0.4) is 0 Å². The maximum absolute atomic E-state index is 13.5. The quantitative estimate of drug-likeness (QED) is 0.892. The van der Waals surface area contributed by atoms with Gasteiger partial charge in [0.15, 0.2) is 0 Å². The standard InChI is InChI=1S/C11H15BrFNO.ClH/c1-6(2)5-9(14)10-8(13)4-3-7(12)11(10)15;/h3-4,6,9,15H,5,14H2,1-2H3;1H/t9-;/m0./s1. The van der Waals surface area contributed by atoms with Crippen LogP contribution >= 0.6 is 28.3 Å². The molecule has 1 atom stereocenters. The molecule has 0 heterocycles. The number of benzene rings is 1. The number of hydrogen-bond donors (Lipinski definition) is 2. The fourth-order valence-corrected chi connectivity index (χ4v) is 1.88. The summed E-state index contributed by atoms with van der Waals surface area (Å²) < 4.78 is 13.9. The Bertz CT molecular complexity index is 360. The number of hydrogen-bond acceptors (Lipinski definition) is 2. The number of halogens is 3. The minimum Gasteiger partial charge on any atom is -0.506 e. The molecule has 0 aromatic heterocycles. The molecule has 16 heavy (non-hydrogen) atoms. The van der Waals surface area contributed by atoms with E-state index < -0.39 is 11.9 Å². The van der Waals surface area contributed by atoms with E-state index in [1.807, 2.05) is 13.8 Å². The average Bonchev–Trinajstić information content (AvgIpc) is 2.11. The summed E-state index contributed by atoms with van der Waals surface area (Å²) in [6.45, 7) is 4.01. The molecule has 0 amide bonds. The van der Waals surface area contributed by atoms with Crippen LogP contribution in [0.5, 0.6) is 5.75 Å². The maximum Gasteiger partial charge on any atom is 0.137 e. The zero-order chi connectivity index (χ0) is 11.6. The molecule has 0 fully saturated rings. The molecular formula is C11H16BrClFNO. The summed E-state index contributed by atoms with van der Waals surface area (Å²) in [6, 6.07) is 2.30. The SMILES string of the molecule is CC(C)C[C@H](N)c1c(F)ccc(Br)c1O.Cl. The van der Waals surface area contributed by atoms with Crippen molar-refractivity contribution >= 4 is 28.3 Å². The summed E-state index contributed by atoms with van der Waals surface area (Å²) in [5.74, 6) is -0.190. The number of nitrogens with two attached hydrogens (primary N) is 1. The molecule has 0 unspecified atom stereocenters. The minimum absolute atomic E-state index is 0. The van der Waals surface area contributed by atoms with Crippen molar-refractivity contribution in [2.75, 3.05) is 0 Å². The highest BCUT2D eigenvalue weighted by Gasteiger charge is 2.19. The van der Waals surface area contributed by atoms with Crippen LogP contribution in [0.25, 0.3) is 0 Å². The lowest BCUT2D eigenvalue weighted by atomic mass is 9.97. The monoisotopic (exact) mass is 311 g/mol. The Balaban J connectivity index is 0.00000225. The van der Waals surface area contributed by atoms with E-state index in [4.69, 9.17) is 5.73 Å². The minimum atomic E-state index is -0.470. The summed E-state index contributed by atoms with van der Waals surface area (Å²) in [5.41, 5.74) is 6.04. The average molecular weight is 313 g/mol. The first-order valence-electron chi connectivity index (χ1n) is 4.86. The topological polar surface area (TPSA) is 46.2 Å². The van der Waals surface area contributed by atoms with Crippen LogP contribution in [0, 0.1) is 11.7 Å². The molecule has 0 aliphatic carbocycles. The van der Waals surface area contributed by atoms with Gasteiger partial charge in [-0.15, -0.1) is 12.4 Å². The Morgan fingerprint density at radius 2 is 2.00 bits per heavy atom. The van der Waals surface area contributed by atoms with Crippen molar-refractivity contribution in [1.82, 2.24) is 0 Å². The first-order chi connectivity index (χ1) is 6.93. The lowest BCUT2D eigenvalue weighted by Crippen LogP contribution is -2.14. The van der Waals surface area contributed by atoms with Crippen LogP contribution in [-0.2, 0) is 0 Å². The first kappa shape index (κ1) is 15.7. The van der Waals surface area contributed by atoms with Crippen LogP contribution in [0.15, 0.2) is 16.6 Å². The Kier molecular flexibility index (Phi) is 6.30. The molecule has 1 aromatic rings. The highest BCUT2D eigenvalue weighted by Crippen LogP contribution is 2.35. The first-order valence-corrected chi connectivity index (χ1v) is 5.65. The third-order valence-electron chi connectivity index (χ3n) is 2.21. The fraction of sp³-hybridized carbons (Fsp3) is 0.455. The van der Waals surface area contributed by atoms with E-state index in [0.29, 0.717) is 16.8 Å². The smallest absolute Gasteiger partial charge is 0.137 e. The second-order valence-corrected chi connectivity index (χ2v) is 4.88. The molecule has 0 bridgehead atoms. The summed E-state index contributed by atoms with van der Waals surface area (Å²) in [6.07, 6.45) is 0.640. The van der Waals surface area contributed by atoms with E-state index in [0.717, 1.165) is 0 Å². The van der Waals surface area contributed by atoms with E-state index in [1.165, 1.54) is 12.1 Å². The van der Waals surface area contributed by atoms with Gasteiger partial charge in [0.1, 0.15) is 11.6 Å². The molecule has 3 N–H and O–H groups in total. The van der Waals surface area contributed by atoms with E-state index >= 15 is 0 Å². The Labute approximate surface area is 110 Å². The zero-order valence-corrected chi connectivity index (χ0v) is 11.6. The van der Waals surface area contributed by atoms with Gasteiger partial charge in [0, 0.05) is 11.6 Å². The summed E-state index contributed by atoms with van der Waals surface area (Å²) in [4.78, 5) is 0. The molecule has 92 valence electrons. The van der Waals surface area contributed by atoms with E-state index in [9.17, 15) is 9.50 Å². The third-order valence-corrected chi connectivity index (χ3v) is 2.85. The van der Waals surface area contributed by atoms with E-state index in [2.05, 4.69) is 15.9 Å². The fourth-order valence-electron chi connectivity index (χ4n) is 1.54. The lowest BCUT2D eigenvalue weighted by molar-refractivity contribution is 0.427. The van der Waals surface area contributed by atoms with E-state index in [1.54, 1.807) is 0 Å². The molecule has 0 radical (unpaired) electrons. The molecule has 0 spiro atoms. The number of aromatic hydroxyl groups is 1. The summed E-state index contributed by atoms with van der Waals surface area (Å²) in [5, 5.41) is 9.69. The third kappa shape index (κ3) is 3.61. The number of rotatable bonds is 3. The largest absolute Gasteiger partial charge is 0.506 e. The van der Waals surface area contributed by atoms with Gasteiger partial charge in [-0.2, -0.15) is 0 Å². The molecular weight excluding hydrogens is 296 g/mol. The zero-order valence-electron chi connectivity index (χ0n) is 9.21. The van der Waals surface area contributed by atoms with Crippen molar-refractivity contribution in [3.8, 4) is 5.75 Å². The van der Waals surface area contributed by atoms with Gasteiger partial charge in [0.2, 0.25) is 0 Å². The molecule has 1 rings (SSSR count). The van der Waals surface area contributed by atoms with Crippen molar-refractivity contribution < 1.29 is 9.50 Å². The molecule has 2 nitrogen and oxygen atoms in total.